The van der Waals surface area contributed by atoms with E-state index in [2.05, 4.69) is 16.9 Å². The van der Waals surface area contributed by atoms with Crippen molar-refractivity contribution in [2.45, 2.75) is 52.5 Å². The molecule has 0 bridgehead atoms. The smallest absolute Gasteiger partial charge is 0.232 e. The first-order chi connectivity index (χ1) is 13.0. The quantitative estimate of drug-likeness (QED) is 0.699. The minimum Gasteiger partial charge on any atom is -0.342 e. The van der Waals surface area contributed by atoms with Crippen LogP contribution < -0.4 is 0 Å². The maximum Gasteiger partial charge on any atom is 0.232 e. The van der Waals surface area contributed by atoms with E-state index in [0.29, 0.717) is 18.7 Å². The Labute approximate surface area is 166 Å². The summed E-state index contributed by atoms with van der Waals surface area (Å²) in [7, 11) is 0. The first-order valence-electron chi connectivity index (χ1n) is 9.92. The van der Waals surface area contributed by atoms with E-state index in [1.807, 2.05) is 16.7 Å². The summed E-state index contributed by atoms with van der Waals surface area (Å²) < 4.78 is 0. The number of thioether (sulfide) groups is 1. The zero-order valence-electron chi connectivity index (χ0n) is 16.4. The topological polar surface area (TPSA) is 66.4 Å². The Morgan fingerprint density at radius 2 is 2.00 bits per heavy atom. The Morgan fingerprint density at radius 1 is 1.22 bits per heavy atom. The fourth-order valence-corrected chi connectivity index (χ4v) is 4.77. The van der Waals surface area contributed by atoms with Gasteiger partial charge in [0.05, 0.1) is 29.9 Å². The van der Waals surface area contributed by atoms with Gasteiger partial charge in [0.2, 0.25) is 11.8 Å². The van der Waals surface area contributed by atoms with Crippen LogP contribution in [0.15, 0.2) is 12.4 Å². The second-order valence-corrected chi connectivity index (χ2v) is 8.94. The molecule has 3 heterocycles. The predicted molar refractivity (Wildman–Crippen MR) is 107 cm³/mol. The van der Waals surface area contributed by atoms with Crippen LogP contribution in [0.25, 0.3) is 0 Å². The molecule has 7 heteroatoms. The molecule has 0 aliphatic carbocycles. The number of hydrogen-bond donors (Lipinski definition) is 0. The van der Waals surface area contributed by atoms with Crippen molar-refractivity contribution in [2.75, 3.05) is 31.1 Å². The molecule has 0 aromatic carbocycles. The van der Waals surface area contributed by atoms with Crippen LogP contribution in [-0.2, 0) is 16.1 Å². The number of aryl methyl sites for hydroxylation is 1. The van der Waals surface area contributed by atoms with Crippen molar-refractivity contribution in [3.63, 3.8) is 0 Å². The van der Waals surface area contributed by atoms with Gasteiger partial charge in [0.15, 0.2) is 0 Å². The number of piperidine rings is 2. The van der Waals surface area contributed by atoms with Crippen LogP contribution in [0.4, 0.5) is 0 Å². The maximum absolute atomic E-state index is 12.4. The molecule has 0 unspecified atom stereocenters. The summed E-state index contributed by atoms with van der Waals surface area (Å²) in [5.74, 6) is 2.11. The van der Waals surface area contributed by atoms with Gasteiger partial charge in [-0.15, -0.1) is 0 Å². The summed E-state index contributed by atoms with van der Waals surface area (Å²) in [5, 5.41) is 0. The van der Waals surface area contributed by atoms with Gasteiger partial charge in [-0.1, -0.05) is 6.92 Å². The van der Waals surface area contributed by atoms with Crippen molar-refractivity contribution < 1.29 is 9.59 Å². The Morgan fingerprint density at radius 3 is 2.67 bits per heavy atom. The summed E-state index contributed by atoms with van der Waals surface area (Å²) >= 11 is 1.73. The molecule has 27 heavy (non-hydrogen) atoms. The molecule has 0 N–H and O–H groups in total. The molecule has 2 aliphatic heterocycles. The first kappa shape index (κ1) is 20.1. The van der Waals surface area contributed by atoms with E-state index in [1.165, 1.54) is 0 Å². The lowest BCUT2D eigenvalue weighted by Crippen LogP contribution is -2.52. The van der Waals surface area contributed by atoms with Crippen molar-refractivity contribution in [1.82, 2.24) is 19.8 Å². The second kappa shape index (κ2) is 9.04. The van der Waals surface area contributed by atoms with E-state index in [4.69, 9.17) is 0 Å². The Kier molecular flexibility index (Phi) is 6.73. The van der Waals surface area contributed by atoms with Crippen LogP contribution in [0.1, 0.15) is 50.4 Å². The molecule has 0 radical (unpaired) electrons. The average molecular weight is 391 g/mol. The Balaban J connectivity index is 1.55. The number of likely N-dealkylation sites (tertiary alicyclic amines) is 2. The van der Waals surface area contributed by atoms with Gasteiger partial charge in [0.1, 0.15) is 0 Å². The Hall–Kier alpha value is -1.63. The highest BCUT2D eigenvalue weighted by Gasteiger charge is 2.41. The molecule has 2 fully saturated rings. The largest absolute Gasteiger partial charge is 0.342 e. The standard InChI is InChI=1S/C20H30N4O2S/c1-3-10-27-14-19(26)23-8-6-20(7-9-23)5-4-18(25)24(15-20)13-17-12-21-16(2)11-22-17/h11-12H,3-10,13-15H2,1-2H3. The second-order valence-electron chi connectivity index (χ2n) is 7.83. The first-order valence-corrected chi connectivity index (χ1v) is 11.1. The van der Waals surface area contributed by atoms with E-state index in [9.17, 15) is 9.59 Å². The summed E-state index contributed by atoms with van der Waals surface area (Å²) in [4.78, 5) is 37.4. The van der Waals surface area contributed by atoms with Crippen molar-refractivity contribution in [2.24, 2.45) is 5.41 Å². The molecular formula is C20H30N4O2S. The summed E-state index contributed by atoms with van der Waals surface area (Å²) in [6, 6.07) is 0. The summed E-state index contributed by atoms with van der Waals surface area (Å²) in [6.07, 6.45) is 8.13. The van der Waals surface area contributed by atoms with E-state index >= 15 is 0 Å². The molecular weight excluding hydrogens is 360 g/mol. The fourth-order valence-electron chi connectivity index (χ4n) is 3.98. The van der Waals surface area contributed by atoms with Gasteiger partial charge in [-0.3, -0.25) is 19.6 Å². The molecule has 2 amide bonds. The summed E-state index contributed by atoms with van der Waals surface area (Å²) in [5.41, 5.74) is 1.88. The minimum atomic E-state index is 0.152. The van der Waals surface area contributed by atoms with Crippen LogP contribution in [0, 0.1) is 12.3 Å². The zero-order valence-corrected chi connectivity index (χ0v) is 17.3. The molecule has 6 nitrogen and oxygen atoms in total. The third-order valence-corrected chi connectivity index (χ3v) is 6.83. The molecule has 0 saturated carbocycles. The number of aromatic nitrogens is 2. The zero-order chi connectivity index (χ0) is 19.3. The molecule has 1 aromatic heterocycles. The van der Waals surface area contributed by atoms with Crippen LogP contribution >= 0.6 is 11.8 Å². The molecule has 148 valence electrons. The SMILES string of the molecule is CCCSCC(=O)N1CCC2(CCC(=O)N(Cc3cnc(C)cn3)C2)CC1. The van der Waals surface area contributed by atoms with Gasteiger partial charge in [-0.25, -0.2) is 0 Å². The van der Waals surface area contributed by atoms with Crippen LogP contribution in [0.3, 0.4) is 0 Å². The van der Waals surface area contributed by atoms with Gasteiger partial charge in [-0.2, -0.15) is 11.8 Å². The Bertz CT molecular complexity index is 656. The number of carbonyl (C=O) groups is 2. The number of nitrogens with zero attached hydrogens (tertiary/aromatic N) is 4. The normalized spacial score (nSPS) is 19.6. The van der Waals surface area contributed by atoms with E-state index < -0.39 is 0 Å². The van der Waals surface area contributed by atoms with Gasteiger partial charge in [-0.05, 0) is 43.8 Å². The molecule has 1 spiro atoms. The lowest BCUT2D eigenvalue weighted by Gasteiger charge is -2.47. The summed E-state index contributed by atoms with van der Waals surface area (Å²) in [6.45, 7) is 6.99. The highest BCUT2D eigenvalue weighted by molar-refractivity contribution is 7.99. The van der Waals surface area contributed by atoms with Crippen LogP contribution in [-0.4, -0.2) is 62.7 Å². The van der Waals surface area contributed by atoms with Gasteiger partial charge >= 0.3 is 0 Å². The fraction of sp³-hybridized carbons (Fsp3) is 0.700. The lowest BCUT2D eigenvalue weighted by molar-refractivity contribution is -0.142. The van der Waals surface area contributed by atoms with E-state index in [1.54, 1.807) is 24.2 Å². The van der Waals surface area contributed by atoms with Crippen molar-refractivity contribution in [1.29, 1.82) is 0 Å². The van der Waals surface area contributed by atoms with E-state index in [-0.39, 0.29) is 17.2 Å². The van der Waals surface area contributed by atoms with Crippen molar-refractivity contribution in [3.8, 4) is 0 Å². The monoisotopic (exact) mass is 390 g/mol. The number of amides is 2. The van der Waals surface area contributed by atoms with Crippen molar-refractivity contribution >= 4 is 23.6 Å². The van der Waals surface area contributed by atoms with Crippen LogP contribution in [0.5, 0.6) is 0 Å². The molecule has 2 saturated heterocycles. The van der Waals surface area contributed by atoms with Gasteiger partial charge < -0.3 is 9.80 Å². The third kappa shape index (κ3) is 5.21. The molecule has 2 aliphatic rings. The highest BCUT2D eigenvalue weighted by Crippen LogP contribution is 2.40. The molecule has 3 rings (SSSR count). The van der Waals surface area contributed by atoms with Crippen LogP contribution in [0.2, 0.25) is 0 Å². The lowest BCUT2D eigenvalue weighted by atomic mass is 9.72. The predicted octanol–water partition coefficient (Wildman–Crippen LogP) is 2.66. The molecule has 1 aromatic rings. The van der Waals surface area contributed by atoms with Gasteiger partial charge in [0, 0.05) is 32.3 Å². The minimum absolute atomic E-state index is 0.152. The molecule has 0 atom stereocenters. The van der Waals surface area contributed by atoms with Crippen molar-refractivity contribution in [3.05, 3.63) is 23.8 Å². The third-order valence-electron chi connectivity index (χ3n) is 5.69. The average Bonchev–Trinajstić information content (AvgIpc) is 2.67. The number of hydrogen-bond acceptors (Lipinski definition) is 5. The number of carbonyl (C=O) groups excluding carboxylic acids is 2. The number of rotatable bonds is 6. The van der Waals surface area contributed by atoms with Gasteiger partial charge in [0.25, 0.3) is 0 Å². The van der Waals surface area contributed by atoms with E-state index in [0.717, 1.165) is 62.5 Å². The highest BCUT2D eigenvalue weighted by atomic mass is 32.2. The maximum atomic E-state index is 12.4.